The number of aromatic nitrogens is 2. The Morgan fingerprint density at radius 1 is 1.07 bits per heavy atom. The minimum Gasteiger partial charge on any atom is -0.361 e. The van der Waals surface area contributed by atoms with E-state index >= 15 is 0 Å². The first-order chi connectivity index (χ1) is 13.2. The molecule has 2 aromatic heterocycles. The zero-order chi connectivity index (χ0) is 18.6. The summed E-state index contributed by atoms with van der Waals surface area (Å²) in [5, 5.41) is 14.1. The standard InChI is InChI=1S/C23H18N4/c1-16-21(9-7-17-5-3-2-4-6-17)23(19(14-24)15-26-16)27-20-8-10-22-18(13-20)11-12-25-22/h2-13,15,25H,1H3,(H,26,27). The Kier molecular flexibility index (Phi) is 4.42. The predicted octanol–water partition coefficient (Wildman–Crippen LogP) is 5.66. The summed E-state index contributed by atoms with van der Waals surface area (Å²) in [6.07, 6.45) is 7.58. The molecule has 0 atom stereocenters. The van der Waals surface area contributed by atoms with Crippen molar-refractivity contribution < 1.29 is 0 Å². The molecule has 0 amide bonds. The fraction of sp³-hybridized carbons (Fsp3) is 0.0435. The Hall–Kier alpha value is -3.84. The Bertz CT molecular complexity index is 1160. The van der Waals surface area contributed by atoms with E-state index in [1.54, 1.807) is 6.20 Å². The van der Waals surface area contributed by atoms with Crippen LogP contribution in [-0.4, -0.2) is 9.97 Å². The Balaban J connectivity index is 1.77. The number of nitrogens with one attached hydrogen (secondary N) is 2. The van der Waals surface area contributed by atoms with Gasteiger partial charge in [0.25, 0.3) is 0 Å². The highest BCUT2D eigenvalue weighted by Crippen LogP contribution is 2.29. The Morgan fingerprint density at radius 2 is 1.93 bits per heavy atom. The van der Waals surface area contributed by atoms with Crippen LogP contribution in [0.2, 0.25) is 0 Å². The quantitative estimate of drug-likeness (QED) is 0.499. The van der Waals surface area contributed by atoms with Crippen LogP contribution in [0.4, 0.5) is 11.4 Å². The van der Waals surface area contributed by atoms with E-state index in [0.29, 0.717) is 5.56 Å². The summed E-state index contributed by atoms with van der Waals surface area (Å²) in [5.74, 6) is 0. The molecule has 27 heavy (non-hydrogen) atoms. The van der Waals surface area contributed by atoms with Crippen LogP contribution < -0.4 is 5.32 Å². The molecule has 0 saturated heterocycles. The number of fused-ring (bicyclic) bond motifs is 1. The number of pyridine rings is 1. The van der Waals surface area contributed by atoms with Crippen molar-refractivity contribution in [1.82, 2.24) is 9.97 Å². The average Bonchev–Trinajstić information content (AvgIpc) is 3.16. The lowest BCUT2D eigenvalue weighted by Crippen LogP contribution is -2.00. The zero-order valence-electron chi connectivity index (χ0n) is 14.9. The van der Waals surface area contributed by atoms with Gasteiger partial charge in [0.05, 0.1) is 11.3 Å². The number of anilines is 2. The predicted molar refractivity (Wildman–Crippen MR) is 111 cm³/mol. The van der Waals surface area contributed by atoms with Gasteiger partial charge in [0.2, 0.25) is 0 Å². The van der Waals surface area contributed by atoms with Gasteiger partial charge in [-0.15, -0.1) is 0 Å². The molecule has 2 aromatic carbocycles. The fourth-order valence-corrected chi connectivity index (χ4v) is 3.06. The molecule has 0 aliphatic carbocycles. The molecular weight excluding hydrogens is 332 g/mol. The van der Waals surface area contributed by atoms with Crippen molar-refractivity contribution in [2.75, 3.05) is 5.32 Å². The highest BCUT2D eigenvalue weighted by molar-refractivity contribution is 5.87. The van der Waals surface area contributed by atoms with Gasteiger partial charge in [-0.25, -0.2) is 0 Å². The van der Waals surface area contributed by atoms with Gasteiger partial charge < -0.3 is 10.3 Å². The summed E-state index contributed by atoms with van der Waals surface area (Å²) in [5.41, 5.74) is 6.17. The smallest absolute Gasteiger partial charge is 0.103 e. The van der Waals surface area contributed by atoms with E-state index in [0.717, 1.165) is 39.1 Å². The molecule has 0 radical (unpaired) electrons. The third-order valence-corrected chi connectivity index (χ3v) is 4.50. The molecule has 4 nitrogen and oxygen atoms in total. The van der Waals surface area contributed by atoms with Crippen LogP contribution in [-0.2, 0) is 0 Å². The van der Waals surface area contributed by atoms with Crippen molar-refractivity contribution in [1.29, 1.82) is 5.26 Å². The maximum Gasteiger partial charge on any atom is 0.103 e. The van der Waals surface area contributed by atoms with Gasteiger partial charge in [-0.05, 0) is 36.8 Å². The third-order valence-electron chi connectivity index (χ3n) is 4.50. The molecular formula is C23H18N4. The van der Waals surface area contributed by atoms with E-state index in [-0.39, 0.29) is 0 Å². The van der Waals surface area contributed by atoms with Crippen molar-refractivity contribution in [2.45, 2.75) is 6.92 Å². The van der Waals surface area contributed by atoms with E-state index in [1.165, 1.54) is 0 Å². The van der Waals surface area contributed by atoms with Crippen LogP contribution in [0.1, 0.15) is 22.4 Å². The number of nitriles is 1. The fourth-order valence-electron chi connectivity index (χ4n) is 3.06. The summed E-state index contributed by atoms with van der Waals surface area (Å²) in [7, 11) is 0. The van der Waals surface area contributed by atoms with E-state index in [4.69, 9.17) is 0 Å². The van der Waals surface area contributed by atoms with Crippen LogP contribution in [0.15, 0.2) is 67.0 Å². The van der Waals surface area contributed by atoms with Gasteiger partial charge in [-0.1, -0.05) is 42.5 Å². The third kappa shape index (κ3) is 3.44. The second-order valence-electron chi connectivity index (χ2n) is 6.31. The highest BCUT2D eigenvalue weighted by atomic mass is 14.9. The lowest BCUT2D eigenvalue weighted by Gasteiger charge is -2.13. The first kappa shape index (κ1) is 16.6. The number of aryl methyl sites for hydroxylation is 1. The molecule has 4 rings (SSSR count). The van der Waals surface area contributed by atoms with E-state index in [2.05, 4.69) is 27.4 Å². The lowest BCUT2D eigenvalue weighted by atomic mass is 10.1. The largest absolute Gasteiger partial charge is 0.361 e. The van der Waals surface area contributed by atoms with Crippen LogP contribution in [0.25, 0.3) is 23.1 Å². The molecule has 2 N–H and O–H groups in total. The molecule has 0 fully saturated rings. The normalized spacial score (nSPS) is 11.0. The number of hydrogen-bond acceptors (Lipinski definition) is 3. The van der Waals surface area contributed by atoms with Crippen molar-refractivity contribution in [2.24, 2.45) is 0 Å². The van der Waals surface area contributed by atoms with Gasteiger partial charge in [0, 0.05) is 40.2 Å². The Labute approximate surface area is 157 Å². The number of nitrogens with zero attached hydrogens (tertiary/aromatic N) is 2. The summed E-state index contributed by atoms with van der Waals surface area (Å²) in [6.45, 7) is 1.95. The monoisotopic (exact) mass is 350 g/mol. The maximum atomic E-state index is 9.58. The number of aromatic amines is 1. The molecule has 0 aliphatic heterocycles. The molecule has 2 heterocycles. The summed E-state index contributed by atoms with van der Waals surface area (Å²) >= 11 is 0. The van der Waals surface area contributed by atoms with Crippen LogP contribution in [0.3, 0.4) is 0 Å². The minimum atomic E-state index is 0.516. The van der Waals surface area contributed by atoms with Gasteiger partial charge in [0.1, 0.15) is 6.07 Å². The van der Waals surface area contributed by atoms with Gasteiger partial charge in [-0.3, -0.25) is 4.98 Å². The molecule has 0 bridgehead atoms. The van der Waals surface area contributed by atoms with E-state index in [9.17, 15) is 5.26 Å². The first-order valence-corrected chi connectivity index (χ1v) is 8.71. The van der Waals surface area contributed by atoms with E-state index < -0.39 is 0 Å². The van der Waals surface area contributed by atoms with Crippen molar-refractivity contribution >= 4 is 34.4 Å². The molecule has 4 heteroatoms. The summed E-state index contributed by atoms with van der Waals surface area (Å²) in [6, 6.07) is 20.4. The van der Waals surface area contributed by atoms with Gasteiger partial charge >= 0.3 is 0 Å². The van der Waals surface area contributed by atoms with Crippen molar-refractivity contribution in [3.05, 3.63) is 89.4 Å². The number of H-pyrrole nitrogens is 1. The molecule has 0 unspecified atom stereocenters. The first-order valence-electron chi connectivity index (χ1n) is 8.71. The molecule has 0 saturated carbocycles. The molecule has 130 valence electrons. The number of benzene rings is 2. The number of hydrogen-bond donors (Lipinski definition) is 2. The highest BCUT2D eigenvalue weighted by Gasteiger charge is 2.11. The van der Waals surface area contributed by atoms with Crippen molar-refractivity contribution in [3.8, 4) is 6.07 Å². The number of rotatable bonds is 4. The van der Waals surface area contributed by atoms with E-state index in [1.807, 2.05) is 73.8 Å². The van der Waals surface area contributed by atoms with Gasteiger partial charge in [0.15, 0.2) is 0 Å². The molecule has 0 aliphatic rings. The Morgan fingerprint density at radius 3 is 2.74 bits per heavy atom. The summed E-state index contributed by atoms with van der Waals surface area (Å²) in [4.78, 5) is 7.58. The van der Waals surface area contributed by atoms with Crippen LogP contribution in [0, 0.1) is 18.3 Å². The second-order valence-corrected chi connectivity index (χ2v) is 6.31. The summed E-state index contributed by atoms with van der Waals surface area (Å²) < 4.78 is 0. The van der Waals surface area contributed by atoms with Crippen LogP contribution >= 0.6 is 0 Å². The zero-order valence-corrected chi connectivity index (χ0v) is 14.9. The topological polar surface area (TPSA) is 64.5 Å². The van der Waals surface area contributed by atoms with Gasteiger partial charge in [-0.2, -0.15) is 5.26 Å². The minimum absolute atomic E-state index is 0.516. The molecule has 0 spiro atoms. The molecule has 4 aromatic rings. The maximum absolute atomic E-state index is 9.58. The van der Waals surface area contributed by atoms with Crippen LogP contribution in [0.5, 0.6) is 0 Å². The average molecular weight is 350 g/mol. The van der Waals surface area contributed by atoms with Crippen molar-refractivity contribution in [3.63, 3.8) is 0 Å². The second kappa shape index (κ2) is 7.19. The SMILES string of the molecule is Cc1ncc(C#N)c(Nc2ccc3[nH]ccc3c2)c1C=Cc1ccccc1. The lowest BCUT2D eigenvalue weighted by molar-refractivity contribution is 1.18.